The van der Waals surface area contributed by atoms with Gasteiger partial charge in [-0.05, 0) is 44.9 Å². The molecule has 0 saturated heterocycles. The van der Waals surface area contributed by atoms with E-state index in [0.29, 0.717) is 13.0 Å². The predicted octanol–water partition coefficient (Wildman–Crippen LogP) is 2.91. The number of likely N-dealkylation sites (N-methyl/N-ethyl adjacent to an activating group) is 1. The van der Waals surface area contributed by atoms with E-state index in [1.807, 2.05) is 6.92 Å². The van der Waals surface area contributed by atoms with E-state index in [2.05, 4.69) is 48.3 Å². The number of carbonyl (C=O) groups is 1. The third-order valence-electron chi connectivity index (χ3n) is 3.28. The minimum Gasteiger partial charge on any atom is -0.370 e. The number of nitrogens with one attached hydrogen (secondary N) is 1. The maximum Gasteiger partial charge on any atom is 0.220 e. The quantitative estimate of drug-likeness (QED) is 0.758. The molecule has 0 fully saturated rings. The molecule has 1 unspecified atom stereocenters. The molecule has 0 saturated carbocycles. The number of amides is 1. The summed E-state index contributed by atoms with van der Waals surface area (Å²) < 4.78 is 0. The van der Waals surface area contributed by atoms with E-state index >= 15 is 0 Å². The number of benzene rings is 1. The third-order valence-corrected chi connectivity index (χ3v) is 3.28. The average Bonchev–Trinajstić information content (AvgIpc) is 2.41. The molecule has 6 heteroatoms. The second kappa shape index (κ2) is 12.6. The Morgan fingerprint density at radius 2 is 2.05 bits per heavy atom. The first-order valence-electron chi connectivity index (χ1n) is 7.36. The Morgan fingerprint density at radius 1 is 1.36 bits per heavy atom. The summed E-state index contributed by atoms with van der Waals surface area (Å²) >= 11 is 0. The van der Waals surface area contributed by atoms with E-state index in [0.717, 1.165) is 19.5 Å². The molecule has 3 N–H and O–H groups in total. The standard InChI is InChI=1S/C16H27N3O.2ClH/c1-4-19(15-7-5-6-13(2)12-15)11-10-18-16(20)9-8-14(3)17;;/h5-7,12,14H,4,8-11,17H2,1-3H3,(H,18,20);2*1H. The fourth-order valence-electron chi connectivity index (χ4n) is 2.07. The Balaban J connectivity index is 0. The molecule has 128 valence electrons. The van der Waals surface area contributed by atoms with Gasteiger partial charge in [0.15, 0.2) is 0 Å². The molecular weight excluding hydrogens is 321 g/mol. The molecule has 1 rings (SSSR count). The molecule has 0 bridgehead atoms. The van der Waals surface area contributed by atoms with Crippen molar-refractivity contribution >= 4 is 36.4 Å². The Labute approximate surface area is 146 Å². The number of anilines is 1. The molecule has 0 aromatic heterocycles. The van der Waals surface area contributed by atoms with Crippen molar-refractivity contribution in [3.8, 4) is 0 Å². The van der Waals surface area contributed by atoms with Gasteiger partial charge in [0, 0.05) is 37.8 Å². The minimum atomic E-state index is 0. The zero-order chi connectivity index (χ0) is 15.0. The Kier molecular flexibility index (Phi) is 13.3. The number of nitrogens with zero attached hydrogens (tertiary/aromatic N) is 1. The van der Waals surface area contributed by atoms with E-state index in [-0.39, 0.29) is 36.8 Å². The van der Waals surface area contributed by atoms with Crippen LogP contribution in [0.2, 0.25) is 0 Å². The lowest BCUT2D eigenvalue weighted by Gasteiger charge is -2.23. The highest BCUT2D eigenvalue weighted by Crippen LogP contribution is 2.14. The van der Waals surface area contributed by atoms with Crippen molar-refractivity contribution in [1.29, 1.82) is 0 Å². The molecule has 22 heavy (non-hydrogen) atoms. The van der Waals surface area contributed by atoms with Gasteiger partial charge < -0.3 is 16.0 Å². The maximum atomic E-state index is 11.6. The van der Waals surface area contributed by atoms with Gasteiger partial charge in [0.1, 0.15) is 0 Å². The highest BCUT2D eigenvalue weighted by molar-refractivity contribution is 5.85. The van der Waals surface area contributed by atoms with Gasteiger partial charge in [-0.1, -0.05) is 12.1 Å². The summed E-state index contributed by atoms with van der Waals surface area (Å²) in [5, 5.41) is 2.95. The van der Waals surface area contributed by atoms with Crippen LogP contribution in [0.15, 0.2) is 24.3 Å². The van der Waals surface area contributed by atoms with Crippen molar-refractivity contribution in [2.45, 2.75) is 39.7 Å². The third kappa shape index (κ3) is 9.13. The smallest absolute Gasteiger partial charge is 0.220 e. The van der Waals surface area contributed by atoms with Crippen LogP contribution in [0.25, 0.3) is 0 Å². The monoisotopic (exact) mass is 349 g/mol. The van der Waals surface area contributed by atoms with Gasteiger partial charge in [-0.25, -0.2) is 0 Å². The lowest BCUT2D eigenvalue weighted by Crippen LogP contribution is -2.35. The van der Waals surface area contributed by atoms with Crippen LogP contribution in [0.3, 0.4) is 0 Å². The molecule has 0 aliphatic heterocycles. The summed E-state index contributed by atoms with van der Waals surface area (Å²) in [7, 11) is 0. The van der Waals surface area contributed by atoms with Crippen LogP contribution in [0.5, 0.6) is 0 Å². The molecule has 1 atom stereocenters. The lowest BCUT2D eigenvalue weighted by atomic mass is 10.2. The molecule has 0 aliphatic rings. The summed E-state index contributed by atoms with van der Waals surface area (Å²) in [4.78, 5) is 13.9. The summed E-state index contributed by atoms with van der Waals surface area (Å²) in [5.41, 5.74) is 8.10. The Morgan fingerprint density at radius 3 is 2.59 bits per heavy atom. The molecule has 0 aliphatic carbocycles. The Hall–Kier alpha value is -0.970. The average molecular weight is 350 g/mol. The van der Waals surface area contributed by atoms with Crippen molar-refractivity contribution in [3.63, 3.8) is 0 Å². The van der Waals surface area contributed by atoms with Crippen molar-refractivity contribution in [3.05, 3.63) is 29.8 Å². The van der Waals surface area contributed by atoms with E-state index in [4.69, 9.17) is 5.73 Å². The molecule has 1 aromatic rings. The van der Waals surface area contributed by atoms with Gasteiger partial charge >= 0.3 is 0 Å². The molecule has 0 spiro atoms. The van der Waals surface area contributed by atoms with Crippen LogP contribution >= 0.6 is 24.8 Å². The van der Waals surface area contributed by atoms with E-state index in [9.17, 15) is 4.79 Å². The number of aryl methyl sites for hydroxylation is 1. The molecule has 4 nitrogen and oxygen atoms in total. The van der Waals surface area contributed by atoms with Gasteiger partial charge in [-0.15, -0.1) is 24.8 Å². The maximum absolute atomic E-state index is 11.6. The topological polar surface area (TPSA) is 58.4 Å². The Bertz CT molecular complexity index is 428. The second-order valence-corrected chi connectivity index (χ2v) is 5.28. The largest absolute Gasteiger partial charge is 0.370 e. The normalized spacial score (nSPS) is 10.9. The lowest BCUT2D eigenvalue weighted by molar-refractivity contribution is -0.121. The fraction of sp³-hybridized carbons (Fsp3) is 0.562. The molecule has 0 heterocycles. The van der Waals surface area contributed by atoms with E-state index in [1.54, 1.807) is 0 Å². The summed E-state index contributed by atoms with van der Waals surface area (Å²) in [5.74, 6) is 0.0857. The zero-order valence-corrected chi connectivity index (χ0v) is 15.3. The minimum absolute atomic E-state index is 0. The first-order chi connectivity index (χ1) is 9.52. The first kappa shape index (κ1) is 23.3. The number of hydrogen-bond donors (Lipinski definition) is 2. The van der Waals surface area contributed by atoms with Gasteiger partial charge in [-0.2, -0.15) is 0 Å². The fourth-order valence-corrected chi connectivity index (χ4v) is 2.07. The van der Waals surface area contributed by atoms with Gasteiger partial charge in [0.25, 0.3) is 0 Å². The number of halogens is 2. The van der Waals surface area contributed by atoms with Crippen molar-refractivity contribution < 1.29 is 4.79 Å². The number of nitrogens with two attached hydrogens (primary N) is 1. The second-order valence-electron chi connectivity index (χ2n) is 5.28. The predicted molar refractivity (Wildman–Crippen MR) is 99.5 cm³/mol. The van der Waals surface area contributed by atoms with Crippen LogP contribution < -0.4 is 16.0 Å². The van der Waals surface area contributed by atoms with Crippen molar-refractivity contribution in [1.82, 2.24) is 5.32 Å². The van der Waals surface area contributed by atoms with Crippen LogP contribution in [-0.4, -0.2) is 31.6 Å². The van der Waals surface area contributed by atoms with Gasteiger partial charge in [0.2, 0.25) is 5.91 Å². The van der Waals surface area contributed by atoms with Crippen LogP contribution in [0.4, 0.5) is 5.69 Å². The highest BCUT2D eigenvalue weighted by atomic mass is 35.5. The van der Waals surface area contributed by atoms with Crippen molar-refractivity contribution in [2.24, 2.45) is 5.73 Å². The first-order valence-corrected chi connectivity index (χ1v) is 7.36. The summed E-state index contributed by atoms with van der Waals surface area (Å²) in [6.07, 6.45) is 1.25. The zero-order valence-electron chi connectivity index (χ0n) is 13.7. The number of rotatable bonds is 8. The summed E-state index contributed by atoms with van der Waals surface area (Å²) in [6, 6.07) is 8.51. The molecule has 1 amide bonds. The molecule has 1 aromatic carbocycles. The van der Waals surface area contributed by atoms with Crippen LogP contribution in [-0.2, 0) is 4.79 Å². The van der Waals surface area contributed by atoms with Gasteiger partial charge in [0.05, 0.1) is 0 Å². The SMILES string of the molecule is CCN(CCNC(=O)CCC(C)N)c1cccc(C)c1.Cl.Cl. The van der Waals surface area contributed by atoms with Crippen LogP contribution in [0.1, 0.15) is 32.3 Å². The molecular formula is C16H29Cl2N3O. The van der Waals surface area contributed by atoms with E-state index < -0.39 is 0 Å². The summed E-state index contributed by atoms with van der Waals surface area (Å²) in [6.45, 7) is 8.56. The van der Waals surface area contributed by atoms with Crippen LogP contribution in [0, 0.1) is 6.92 Å². The number of hydrogen-bond acceptors (Lipinski definition) is 3. The highest BCUT2D eigenvalue weighted by Gasteiger charge is 2.06. The molecule has 0 radical (unpaired) electrons. The van der Waals surface area contributed by atoms with Crippen molar-refractivity contribution in [2.75, 3.05) is 24.5 Å². The van der Waals surface area contributed by atoms with E-state index in [1.165, 1.54) is 11.3 Å². The number of carbonyl (C=O) groups excluding carboxylic acids is 1. The van der Waals surface area contributed by atoms with Gasteiger partial charge in [-0.3, -0.25) is 4.79 Å².